The number of rotatable bonds is 2. The highest BCUT2D eigenvalue weighted by atomic mass is 32.2. The van der Waals surface area contributed by atoms with Gasteiger partial charge in [0.05, 0.1) is 8.47 Å². The van der Waals surface area contributed by atoms with Gasteiger partial charge in [0.15, 0.2) is 0 Å². The minimum absolute atomic E-state index is 0.964. The van der Waals surface area contributed by atoms with Gasteiger partial charge in [-0.1, -0.05) is 54.4 Å². The molecule has 1 aromatic rings. The minimum Gasteiger partial charge on any atom is -0.135 e. The van der Waals surface area contributed by atoms with Gasteiger partial charge in [0.25, 0.3) is 0 Å². The van der Waals surface area contributed by atoms with Crippen molar-refractivity contribution in [3.63, 3.8) is 0 Å². The largest absolute Gasteiger partial charge is 0.135 e. The third-order valence-electron chi connectivity index (χ3n) is 1.99. The van der Waals surface area contributed by atoms with Crippen LogP contribution in [0, 0.1) is 0 Å². The van der Waals surface area contributed by atoms with Crippen molar-refractivity contribution < 1.29 is 0 Å². The van der Waals surface area contributed by atoms with E-state index in [9.17, 15) is 0 Å². The Balaban J connectivity index is 2.33. The van der Waals surface area contributed by atoms with Gasteiger partial charge in [-0.2, -0.15) is 0 Å². The summed E-state index contributed by atoms with van der Waals surface area (Å²) in [5, 5.41) is 0. The Morgan fingerprint density at radius 1 is 1.06 bits per heavy atom. The number of fused-ring (bicyclic) bond motifs is 1. The van der Waals surface area contributed by atoms with Gasteiger partial charge in [-0.05, 0) is 17.7 Å². The lowest BCUT2D eigenvalue weighted by Gasteiger charge is -2.16. The van der Waals surface area contributed by atoms with E-state index in [1.54, 1.807) is 29.6 Å². The zero-order valence-corrected chi connectivity index (χ0v) is 11.8. The fourth-order valence-electron chi connectivity index (χ4n) is 1.27. The molecule has 0 aromatic heterocycles. The second-order valence-corrected chi connectivity index (χ2v) is 6.72. The number of thiol groups is 2. The SMILES string of the molecule is C=C/C=C\c1ccc2c(c1)SC(S)=C(S)S2. The predicted molar refractivity (Wildman–Crippen MR) is 82.4 cm³/mol. The number of thioether (sulfide) groups is 2. The quantitative estimate of drug-likeness (QED) is 0.574. The Bertz CT molecular complexity index is 486. The molecule has 0 atom stereocenters. The fraction of sp³-hybridized carbons (Fsp3) is 0. The molecule has 0 unspecified atom stereocenters. The first-order valence-corrected chi connectivity index (χ1v) is 7.14. The van der Waals surface area contributed by atoms with Crippen molar-refractivity contribution in [3.05, 3.63) is 51.0 Å². The summed E-state index contributed by atoms with van der Waals surface area (Å²) >= 11 is 12.1. The average molecular weight is 282 g/mol. The highest BCUT2D eigenvalue weighted by molar-refractivity contribution is 8.23. The Morgan fingerprint density at radius 3 is 2.44 bits per heavy atom. The summed E-state index contributed by atoms with van der Waals surface area (Å²) in [7, 11) is 0. The zero-order chi connectivity index (χ0) is 11.5. The minimum atomic E-state index is 0.964. The van der Waals surface area contributed by atoms with Crippen molar-refractivity contribution >= 4 is 54.9 Å². The Kier molecular flexibility index (Phi) is 4.19. The maximum atomic E-state index is 4.40. The van der Waals surface area contributed by atoms with E-state index in [0.717, 1.165) is 8.47 Å². The molecule has 82 valence electrons. The molecule has 0 saturated heterocycles. The highest BCUT2D eigenvalue weighted by Gasteiger charge is 2.15. The van der Waals surface area contributed by atoms with Gasteiger partial charge < -0.3 is 0 Å². The van der Waals surface area contributed by atoms with E-state index in [1.165, 1.54) is 15.4 Å². The topological polar surface area (TPSA) is 0 Å². The van der Waals surface area contributed by atoms with Gasteiger partial charge in [0, 0.05) is 9.79 Å². The average Bonchev–Trinajstić information content (AvgIpc) is 2.28. The van der Waals surface area contributed by atoms with Crippen molar-refractivity contribution in [2.24, 2.45) is 0 Å². The highest BCUT2D eigenvalue weighted by Crippen LogP contribution is 2.49. The van der Waals surface area contributed by atoms with E-state index >= 15 is 0 Å². The summed E-state index contributed by atoms with van der Waals surface area (Å²) in [4.78, 5) is 2.47. The first-order valence-electron chi connectivity index (χ1n) is 4.62. The van der Waals surface area contributed by atoms with Gasteiger partial charge in [0.2, 0.25) is 0 Å². The van der Waals surface area contributed by atoms with Gasteiger partial charge in [-0.25, -0.2) is 0 Å². The molecule has 0 aliphatic carbocycles. The third kappa shape index (κ3) is 2.74. The first kappa shape index (κ1) is 12.3. The smallest absolute Gasteiger partial charge is 0.0621 e. The summed E-state index contributed by atoms with van der Waals surface area (Å²) < 4.78 is 1.93. The summed E-state index contributed by atoms with van der Waals surface area (Å²) in [5.74, 6) is 0. The van der Waals surface area contributed by atoms with Crippen LogP contribution in [-0.2, 0) is 0 Å². The summed E-state index contributed by atoms with van der Waals surface area (Å²) in [5.41, 5.74) is 1.18. The van der Waals surface area contributed by atoms with Gasteiger partial charge in [0.1, 0.15) is 0 Å². The van der Waals surface area contributed by atoms with Gasteiger partial charge in [-0.15, -0.1) is 25.3 Å². The summed E-state index contributed by atoms with van der Waals surface area (Å²) in [6.07, 6.45) is 5.75. The summed E-state index contributed by atoms with van der Waals surface area (Å²) in [6, 6.07) is 6.37. The second kappa shape index (κ2) is 5.45. The number of benzene rings is 1. The van der Waals surface area contributed by atoms with Crippen LogP contribution in [0.3, 0.4) is 0 Å². The molecule has 0 amide bonds. The van der Waals surface area contributed by atoms with E-state index < -0.39 is 0 Å². The molecule has 0 saturated carbocycles. The van der Waals surface area contributed by atoms with Crippen molar-refractivity contribution in [3.8, 4) is 0 Å². The molecule has 2 rings (SSSR count). The van der Waals surface area contributed by atoms with Crippen LogP contribution in [0.2, 0.25) is 0 Å². The van der Waals surface area contributed by atoms with E-state index in [1.807, 2.05) is 12.2 Å². The number of hydrogen-bond acceptors (Lipinski definition) is 4. The monoisotopic (exact) mass is 282 g/mol. The second-order valence-electron chi connectivity index (χ2n) is 3.12. The van der Waals surface area contributed by atoms with Crippen molar-refractivity contribution in [2.45, 2.75) is 9.79 Å². The maximum absolute atomic E-state index is 4.40. The van der Waals surface area contributed by atoms with E-state index in [-0.39, 0.29) is 0 Å². The maximum Gasteiger partial charge on any atom is 0.0621 e. The van der Waals surface area contributed by atoms with Gasteiger partial charge >= 0.3 is 0 Å². The number of allylic oxidation sites excluding steroid dienone is 2. The van der Waals surface area contributed by atoms with Crippen molar-refractivity contribution in [1.82, 2.24) is 0 Å². The molecule has 1 aromatic carbocycles. The third-order valence-corrected chi connectivity index (χ3v) is 5.65. The zero-order valence-electron chi connectivity index (χ0n) is 8.38. The molecule has 4 heteroatoms. The van der Waals surface area contributed by atoms with Crippen LogP contribution in [0.5, 0.6) is 0 Å². The van der Waals surface area contributed by atoms with Crippen LogP contribution in [0.4, 0.5) is 0 Å². The number of hydrogen-bond donors (Lipinski definition) is 2. The fourth-order valence-corrected chi connectivity index (χ4v) is 3.88. The molecular formula is C12H10S4. The first-order chi connectivity index (χ1) is 7.70. The molecular weight excluding hydrogens is 272 g/mol. The van der Waals surface area contributed by atoms with Crippen LogP contribution >= 0.6 is 48.8 Å². The van der Waals surface area contributed by atoms with Crippen LogP contribution in [0.25, 0.3) is 6.08 Å². The molecule has 0 nitrogen and oxygen atoms in total. The summed E-state index contributed by atoms with van der Waals surface area (Å²) in [6.45, 7) is 3.66. The van der Waals surface area contributed by atoms with E-state index in [0.29, 0.717) is 0 Å². The van der Waals surface area contributed by atoms with Crippen molar-refractivity contribution in [2.75, 3.05) is 0 Å². The molecule has 0 N–H and O–H groups in total. The Morgan fingerprint density at radius 2 is 1.75 bits per heavy atom. The molecule has 0 spiro atoms. The van der Waals surface area contributed by atoms with Crippen molar-refractivity contribution in [1.29, 1.82) is 0 Å². The molecule has 1 aliphatic rings. The van der Waals surface area contributed by atoms with Gasteiger partial charge in [-0.3, -0.25) is 0 Å². The molecule has 0 bridgehead atoms. The predicted octanol–water partition coefficient (Wildman–Crippen LogP) is 5.07. The van der Waals surface area contributed by atoms with Crippen LogP contribution in [0.15, 0.2) is 55.2 Å². The standard InChI is InChI=1S/C12H10S4/c1-2-3-4-8-5-6-9-10(7-8)16-12(14)11(13)15-9/h2-7,13-14H,1H2/b4-3-. The molecule has 16 heavy (non-hydrogen) atoms. The Hall–Kier alpha value is -0.160. The molecule has 0 fully saturated rings. The lowest BCUT2D eigenvalue weighted by molar-refractivity contribution is 1.25. The van der Waals surface area contributed by atoms with E-state index in [2.05, 4.69) is 50.0 Å². The van der Waals surface area contributed by atoms with Crippen LogP contribution in [0.1, 0.15) is 5.56 Å². The molecule has 1 heterocycles. The van der Waals surface area contributed by atoms with E-state index in [4.69, 9.17) is 0 Å². The normalized spacial score (nSPS) is 15.4. The Labute approximate surface area is 115 Å². The lowest BCUT2D eigenvalue weighted by atomic mass is 10.2. The van der Waals surface area contributed by atoms with Crippen LogP contribution in [-0.4, -0.2) is 0 Å². The molecule has 1 aliphatic heterocycles. The van der Waals surface area contributed by atoms with Crippen LogP contribution < -0.4 is 0 Å². The lowest BCUT2D eigenvalue weighted by Crippen LogP contribution is -1.86. The molecule has 0 radical (unpaired) electrons.